The van der Waals surface area contributed by atoms with E-state index in [4.69, 9.17) is 9.15 Å². The summed E-state index contributed by atoms with van der Waals surface area (Å²) in [4.78, 5) is 30.0. The number of nitrogens with zero attached hydrogens (tertiary/aromatic N) is 2. The second-order valence-electron chi connectivity index (χ2n) is 8.97. The molecule has 0 spiro atoms. The lowest BCUT2D eigenvalue weighted by atomic mass is 10.1. The van der Waals surface area contributed by atoms with Gasteiger partial charge < -0.3 is 19.0 Å². The molecule has 6 heteroatoms. The molecule has 1 unspecified atom stereocenters. The van der Waals surface area contributed by atoms with Crippen LogP contribution in [0, 0.1) is 6.92 Å². The molecule has 6 nitrogen and oxygen atoms in total. The van der Waals surface area contributed by atoms with Gasteiger partial charge in [0.25, 0.3) is 0 Å². The first kappa shape index (κ1) is 25.0. The first-order valence-corrected chi connectivity index (χ1v) is 12.3. The zero-order valence-electron chi connectivity index (χ0n) is 20.1. The molecular formula is C27H38N2O4. The fourth-order valence-electron chi connectivity index (χ4n) is 4.21. The number of unbranched alkanes of at least 4 members (excludes halogenated alkanes) is 3. The average molecular weight is 455 g/mol. The molecule has 0 radical (unpaired) electrons. The highest BCUT2D eigenvalue weighted by atomic mass is 16.5. The van der Waals surface area contributed by atoms with E-state index in [0.717, 1.165) is 62.2 Å². The molecule has 1 atom stereocenters. The Morgan fingerprint density at radius 3 is 2.45 bits per heavy atom. The minimum Gasteiger partial charge on any atom is -0.464 e. The zero-order chi connectivity index (χ0) is 23.5. The Bertz CT molecular complexity index is 858. The van der Waals surface area contributed by atoms with E-state index in [1.165, 1.54) is 0 Å². The van der Waals surface area contributed by atoms with Crippen molar-refractivity contribution in [2.75, 3.05) is 19.7 Å². The highest BCUT2D eigenvalue weighted by Gasteiger charge is 2.26. The Morgan fingerprint density at radius 2 is 1.79 bits per heavy atom. The maximum atomic E-state index is 13.5. The summed E-state index contributed by atoms with van der Waals surface area (Å²) in [5.74, 6) is 1.53. The number of ether oxygens (including phenoxy) is 1. The maximum Gasteiger partial charge on any atom is 0.242 e. The molecule has 1 aliphatic heterocycles. The van der Waals surface area contributed by atoms with Crippen LogP contribution >= 0.6 is 0 Å². The third-order valence-electron chi connectivity index (χ3n) is 6.08. The number of amides is 2. The zero-order valence-corrected chi connectivity index (χ0v) is 20.1. The Balaban J connectivity index is 1.69. The molecule has 1 aliphatic rings. The van der Waals surface area contributed by atoms with Crippen molar-refractivity contribution >= 4 is 11.8 Å². The molecule has 0 N–H and O–H groups in total. The molecule has 0 aliphatic carbocycles. The normalized spacial score (nSPS) is 15.5. The number of aryl methyl sites for hydroxylation is 1. The highest BCUT2D eigenvalue weighted by Crippen LogP contribution is 2.17. The minimum absolute atomic E-state index is 0.0210. The number of carbonyl (C=O) groups excluding carboxylic acids is 2. The third kappa shape index (κ3) is 8.35. The molecule has 1 aromatic carbocycles. The molecule has 1 saturated heterocycles. The van der Waals surface area contributed by atoms with Crippen LogP contribution in [-0.4, -0.2) is 47.4 Å². The van der Waals surface area contributed by atoms with E-state index in [-0.39, 0.29) is 24.5 Å². The van der Waals surface area contributed by atoms with E-state index in [1.54, 1.807) is 9.80 Å². The minimum atomic E-state index is -0.0761. The van der Waals surface area contributed by atoms with Gasteiger partial charge in [-0.05, 0) is 43.9 Å². The summed E-state index contributed by atoms with van der Waals surface area (Å²) < 4.78 is 11.5. The first-order valence-electron chi connectivity index (χ1n) is 12.3. The fraction of sp³-hybridized carbons (Fsp3) is 0.556. The number of carbonyl (C=O) groups is 2. The van der Waals surface area contributed by atoms with Crippen molar-refractivity contribution in [3.63, 3.8) is 0 Å². The molecule has 1 fully saturated rings. The predicted molar refractivity (Wildman–Crippen MR) is 128 cm³/mol. The summed E-state index contributed by atoms with van der Waals surface area (Å²) in [5, 5.41) is 0. The molecule has 33 heavy (non-hydrogen) atoms. The molecule has 0 saturated carbocycles. The van der Waals surface area contributed by atoms with Gasteiger partial charge in [-0.1, -0.05) is 56.5 Å². The van der Waals surface area contributed by atoms with Crippen LogP contribution in [0.25, 0.3) is 0 Å². The van der Waals surface area contributed by atoms with Crippen LogP contribution in [-0.2, 0) is 27.4 Å². The Morgan fingerprint density at radius 1 is 0.970 bits per heavy atom. The van der Waals surface area contributed by atoms with Gasteiger partial charge in [0, 0.05) is 26.1 Å². The molecule has 2 aromatic rings. The van der Waals surface area contributed by atoms with E-state index in [0.29, 0.717) is 26.1 Å². The second kappa shape index (κ2) is 13.2. The van der Waals surface area contributed by atoms with E-state index in [1.807, 2.05) is 49.4 Å². The molecular weight excluding hydrogens is 416 g/mol. The SMILES string of the molecule is CCCCCCC(=O)N(CC(=O)N(Cc1ccccc1)Cc1ccc(C)o1)CC1CCCO1. The quantitative estimate of drug-likeness (QED) is 0.395. The lowest BCUT2D eigenvalue weighted by Gasteiger charge is -2.29. The van der Waals surface area contributed by atoms with Crippen molar-refractivity contribution in [2.24, 2.45) is 0 Å². The van der Waals surface area contributed by atoms with Crippen LogP contribution in [0.2, 0.25) is 0 Å². The van der Waals surface area contributed by atoms with E-state index >= 15 is 0 Å². The highest BCUT2D eigenvalue weighted by molar-refractivity contribution is 5.85. The van der Waals surface area contributed by atoms with Crippen molar-refractivity contribution in [1.82, 2.24) is 9.80 Å². The lowest BCUT2D eigenvalue weighted by molar-refractivity contribution is -0.142. The van der Waals surface area contributed by atoms with Gasteiger partial charge in [-0.15, -0.1) is 0 Å². The van der Waals surface area contributed by atoms with Gasteiger partial charge in [-0.25, -0.2) is 0 Å². The molecule has 3 rings (SSSR count). The van der Waals surface area contributed by atoms with Gasteiger partial charge in [0.15, 0.2) is 0 Å². The van der Waals surface area contributed by atoms with Crippen LogP contribution < -0.4 is 0 Å². The van der Waals surface area contributed by atoms with Crippen molar-refractivity contribution in [3.8, 4) is 0 Å². The number of furan rings is 1. The second-order valence-corrected chi connectivity index (χ2v) is 8.97. The summed E-state index contributed by atoms with van der Waals surface area (Å²) in [6, 6.07) is 13.7. The molecule has 0 bridgehead atoms. The van der Waals surface area contributed by atoms with Crippen LogP contribution in [0.4, 0.5) is 0 Å². The van der Waals surface area contributed by atoms with Crippen molar-refractivity contribution in [3.05, 3.63) is 59.5 Å². The van der Waals surface area contributed by atoms with Gasteiger partial charge in [0.05, 0.1) is 19.2 Å². The number of hydrogen-bond acceptors (Lipinski definition) is 4. The number of rotatable bonds is 13. The van der Waals surface area contributed by atoms with E-state index < -0.39 is 0 Å². The predicted octanol–water partition coefficient (Wildman–Crippen LogP) is 5.09. The van der Waals surface area contributed by atoms with Gasteiger partial charge in [0.1, 0.15) is 11.5 Å². The van der Waals surface area contributed by atoms with Crippen LogP contribution in [0.15, 0.2) is 46.9 Å². The van der Waals surface area contributed by atoms with Gasteiger partial charge in [0.2, 0.25) is 11.8 Å². The summed E-state index contributed by atoms with van der Waals surface area (Å²) in [6.07, 6.45) is 6.62. The monoisotopic (exact) mass is 454 g/mol. The van der Waals surface area contributed by atoms with E-state index in [9.17, 15) is 9.59 Å². The van der Waals surface area contributed by atoms with Gasteiger partial charge in [-0.3, -0.25) is 9.59 Å². The standard InChI is InChI=1S/C27H38N2O4/c1-3-4-5-9-14-26(30)29(19-24-13-10-17-32-24)21-27(31)28(18-23-11-7-6-8-12-23)20-25-16-15-22(2)33-25/h6-8,11-12,15-16,24H,3-5,9-10,13-14,17-21H2,1-2H3. The Kier molecular flexibility index (Phi) is 10.0. The van der Waals surface area contributed by atoms with Crippen molar-refractivity contribution in [1.29, 1.82) is 0 Å². The van der Waals surface area contributed by atoms with Crippen LogP contribution in [0.5, 0.6) is 0 Å². The first-order chi connectivity index (χ1) is 16.0. The third-order valence-corrected chi connectivity index (χ3v) is 6.08. The molecule has 1 aromatic heterocycles. The molecule has 180 valence electrons. The summed E-state index contributed by atoms with van der Waals surface area (Å²) in [7, 11) is 0. The largest absolute Gasteiger partial charge is 0.464 e. The average Bonchev–Trinajstić information content (AvgIpc) is 3.48. The lowest BCUT2D eigenvalue weighted by Crippen LogP contribution is -2.45. The number of hydrogen-bond donors (Lipinski definition) is 0. The summed E-state index contributed by atoms with van der Waals surface area (Å²) >= 11 is 0. The maximum absolute atomic E-state index is 13.5. The van der Waals surface area contributed by atoms with Crippen molar-refractivity contribution in [2.45, 2.75) is 78.0 Å². The van der Waals surface area contributed by atoms with Gasteiger partial charge >= 0.3 is 0 Å². The van der Waals surface area contributed by atoms with E-state index in [2.05, 4.69) is 6.92 Å². The van der Waals surface area contributed by atoms with Crippen LogP contribution in [0.1, 0.15) is 69.0 Å². The Hall–Kier alpha value is -2.60. The smallest absolute Gasteiger partial charge is 0.242 e. The fourth-order valence-corrected chi connectivity index (χ4v) is 4.21. The Labute approximate surface area is 197 Å². The number of benzene rings is 1. The topological polar surface area (TPSA) is 63.0 Å². The molecule has 2 amide bonds. The summed E-state index contributed by atoms with van der Waals surface area (Å²) in [5.41, 5.74) is 1.05. The van der Waals surface area contributed by atoms with Gasteiger partial charge in [-0.2, -0.15) is 0 Å². The molecule has 2 heterocycles. The van der Waals surface area contributed by atoms with Crippen molar-refractivity contribution < 1.29 is 18.7 Å². The van der Waals surface area contributed by atoms with Crippen LogP contribution in [0.3, 0.4) is 0 Å². The summed E-state index contributed by atoms with van der Waals surface area (Å²) in [6.45, 7) is 6.18.